The van der Waals surface area contributed by atoms with E-state index in [1.165, 1.54) is 11.8 Å². The lowest BCUT2D eigenvalue weighted by Crippen LogP contribution is -2.29. The van der Waals surface area contributed by atoms with Gasteiger partial charge in [-0.25, -0.2) is 0 Å². The second-order valence-corrected chi connectivity index (χ2v) is 7.49. The number of carbonyl (C=O) groups is 2. The first-order chi connectivity index (χ1) is 12.0. The highest BCUT2D eigenvalue weighted by molar-refractivity contribution is 8.26. The highest BCUT2D eigenvalue weighted by atomic mass is 32.2. The first-order valence-electron chi connectivity index (χ1n) is 8.16. The fourth-order valence-corrected chi connectivity index (χ4v) is 3.83. The van der Waals surface area contributed by atoms with Gasteiger partial charge in [-0.1, -0.05) is 66.8 Å². The number of rotatable bonds is 8. The van der Waals surface area contributed by atoms with Crippen molar-refractivity contribution in [2.75, 3.05) is 6.54 Å². The van der Waals surface area contributed by atoms with Gasteiger partial charge in [0.2, 0.25) is 0 Å². The van der Waals surface area contributed by atoms with Crippen LogP contribution in [0.1, 0.15) is 38.2 Å². The van der Waals surface area contributed by atoms with Gasteiger partial charge in [-0.15, -0.1) is 0 Å². The predicted molar refractivity (Wildman–Crippen MR) is 104 cm³/mol. The van der Waals surface area contributed by atoms with E-state index in [0.717, 1.165) is 24.0 Å². The molecule has 1 aromatic carbocycles. The molecule has 4 nitrogen and oxygen atoms in total. The minimum absolute atomic E-state index is 0.0573. The molecule has 1 aromatic rings. The Morgan fingerprint density at radius 2 is 1.96 bits per heavy atom. The van der Waals surface area contributed by atoms with Gasteiger partial charge >= 0.3 is 0 Å². The Bertz CT molecular complexity index is 711. The van der Waals surface area contributed by atoms with Crippen LogP contribution in [0.2, 0.25) is 0 Å². The van der Waals surface area contributed by atoms with Crippen molar-refractivity contribution in [1.29, 1.82) is 0 Å². The van der Waals surface area contributed by atoms with Crippen molar-refractivity contribution in [3.8, 4) is 0 Å². The molecule has 1 amide bonds. The summed E-state index contributed by atoms with van der Waals surface area (Å²) in [6.07, 6.45) is 5.96. The number of hydrogen-bond acceptors (Lipinski definition) is 5. The molecule has 0 aromatic heterocycles. The Balaban J connectivity index is 1.93. The van der Waals surface area contributed by atoms with E-state index in [1.54, 1.807) is 4.90 Å². The van der Waals surface area contributed by atoms with Gasteiger partial charge in [0, 0.05) is 12.5 Å². The van der Waals surface area contributed by atoms with Crippen molar-refractivity contribution in [2.45, 2.75) is 32.6 Å². The van der Waals surface area contributed by atoms with Crippen LogP contribution in [0.5, 0.6) is 0 Å². The van der Waals surface area contributed by atoms with Crippen LogP contribution >= 0.6 is 24.0 Å². The van der Waals surface area contributed by atoms with Gasteiger partial charge in [-0.3, -0.25) is 9.69 Å². The number of thioether (sulfide) groups is 1. The largest absolute Gasteiger partial charge is 0.550 e. The molecule has 0 aliphatic carbocycles. The maximum atomic E-state index is 12.5. The van der Waals surface area contributed by atoms with Crippen LogP contribution < -0.4 is 5.11 Å². The van der Waals surface area contributed by atoms with Gasteiger partial charge < -0.3 is 9.90 Å². The molecule has 2 rings (SSSR count). The molecular weight excluding hydrogens is 354 g/mol. The van der Waals surface area contributed by atoms with E-state index in [0.29, 0.717) is 22.2 Å². The number of carbonyl (C=O) groups excluding carboxylic acids is 2. The summed E-state index contributed by atoms with van der Waals surface area (Å²) >= 11 is 6.61. The zero-order valence-electron chi connectivity index (χ0n) is 14.1. The number of amides is 1. The summed E-state index contributed by atoms with van der Waals surface area (Å²) in [4.78, 5) is 25.1. The van der Waals surface area contributed by atoms with Crippen LogP contribution in [0.25, 0.3) is 6.08 Å². The van der Waals surface area contributed by atoms with E-state index in [1.807, 2.05) is 49.4 Å². The number of thiocarbonyl (C=S) groups is 1. The molecule has 0 spiro atoms. The van der Waals surface area contributed by atoms with Gasteiger partial charge in [-0.05, 0) is 43.4 Å². The molecule has 1 aliphatic heterocycles. The molecule has 6 heteroatoms. The Labute approximate surface area is 157 Å². The molecule has 0 saturated carbocycles. The molecular formula is C19H20NO3S2-. The molecule has 0 unspecified atom stereocenters. The normalized spacial score (nSPS) is 16.8. The van der Waals surface area contributed by atoms with Crippen LogP contribution in [0.4, 0.5) is 0 Å². The third-order valence-electron chi connectivity index (χ3n) is 3.69. The molecule has 1 heterocycles. The second-order valence-electron chi connectivity index (χ2n) is 5.82. The highest BCUT2D eigenvalue weighted by Gasteiger charge is 2.31. The zero-order chi connectivity index (χ0) is 18.2. The van der Waals surface area contributed by atoms with E-state index in [4.69, 9.17) is 12.2 Å². The standard InChI is InChI=1S/C19H21NO3S2/c1-14(12-15-8-4-2-5-9-15)13-16-18(23)20(19(24)25-16)11-7-3-6-10-17(21)22/h2,4-5,8-9,12-13H,3,6-7,10-11H2,1H3,(H,21,22)/p-1/b14-12+,16-13+. The number of carboxylic acid groups (broad SMARTS) is 1. The van der Waals surface area contributed by atoms with E-state index in [2.05, 4.69) is 0 Å². The summed E-state index contributed by atoms with van der Waals surface area (Å²) in [5.41, 5.74) is 2.07. The summed E-state index contributed by atoms with van der Waals surface area (Å²) in [6.45, 7) is 2.48. The number of carboxylic acids is 1. The second kappa shape index (κ2) is 9.53. The first-order valence-corrected chi connectivity index (χ1v) is 9.38. The van der Waals surface area contributed by atoms with Gasteiger partial charge in [0.15, 0.2) is 0 Å². The Hall–Kier alpha value is -1.92. The van der Waals surface area contributed by atoms with E-state index in [-0.39, 0.29) is 12.3 Å². The van der Waals surface area contributed by atoms with Crippen LogP contribution in [-0.4, -0.2) is 27.6 Å². The number of allylic oxidation sites excluding steroid dienone is 2. The van der Waals surface area contributed by atoms with E-state index in [9.17, 15) is 14.7 Å². The third-order valence-corrected chi connectivity index (χ3v) is 5.07. The van der Waals surface area contributed by atoms with Crippen molar-refractivity contribution in [3.63, 3.8) is 0 Å². The molecule has 1 fully saturated rings. The molecule has 1 saturated heterocycles. The Morgan fingerprint density at radius 1 is 1.24 bits per heavy atom. The fraction of sp³-hybridized carbons (Fsp3) is 0.316. The predicted octanol–water partition coefficient (Wildman–Crippen LogP) is 3.14. The summed E-state index contributed by atoms with van der Waals surface area (Å²) in [5.74, 6) is -1.11. The maximum Gasteiger partial charge on any atom is 0.266 e. The van der Waals surface area contributed by atoms with Crippen molar-refractivity contribution in [3.05, 3.63) is 52.4 Å². The average Bonchev–Trinajstić information content (AvgIpc) is 2.82. The fourth-order valence-electron chi connectivity index (χ4n) is 2.47. The lowest BCUT2D eigenvalue weighted by atomic mass is 10.1. The number of hydrogen-bond donors (Lipinski definition) is 0. The van der Waals surface area contributed by atoms with Crippen LogP contribution in [-0.2, 0) is 9.59 Å². The third kappa shape index (κ3) is 6.14. The number of nitrogens with zero attached hydrogens (tertiary/aromatic N) is 1. The first kappa shape index (κ1) is 19.4. The molecule has 0 N–H and O–H groups in total. The van der Waals surface area contributed by atoms with Crippen molar-refractivity contribution in [2.24, 2.45) is 0 Å². The maximum absolute atomic E-state index is 12.5. The molecule has 0 atom stereocenters. The summed E-state index contributed by atoms with van der Waals surface area (Å²) in [6, 6.07) is 9.92. The summed E-state index contributed by atoms with van der Waals surface area (Å²) in [5, 5.41) is 10.4. The topological polar surface area (TPSA) is 60.4 Å². The van der Waals surface area contributed by atoms with Gasteiger partial charge in [0.1, 0.15) is 4.32 Å². The molecule has 0 bridgehead atoms. The van der Waals surface area contributed by atoms with Crippen molar-refractivity contribution < 1.29 is 14.7 Å². The van der Waals surface area contributed by atoms with Crippen LogP contribution in [0.15, 0.2) is 46.9 Å². The summed E-state index contributed by atoms with van der Waals surface area (Å²) in [7, 11) is 0. The minimum Gasteiger partial charge on any atom is -0.550 e. The lowest BCUT2D eigenvalue weighted by molar-refractivity contribution is -0.305. The van der Waals surface area contributed by atoms with Crippen LogP contribution in [0, 0.1) is 0 Å². The van der Waals surface area contributed by atoms with Gasteiger partial charge in [0.05, 0.1) is 4.91 Å². The number of aliphatic carboxylic acids is 1. The smallest absolute Gasteiger partial charge is 0.266 e. The monoisotopic (exact) mass is 374 g/mol. The molecule has 25 heavy (non-hydrogen) atoms. The SMILES string of the molecule is CC(=C\c1ccccc1)/C=C1/SC(=S)N(CCCCCC(=O)[O-])C1=O. The molecule has 1 aliphatic rings. The molecule has 132 valence electrons. The zero-order valence-corrected chi connectivity index (χ0v) is 15.7. The minimum atomic E-state index is -1.03. The van der Waals surface area contributed by atoms with E-state index >= 15 is 0 Å². The van der Waals surface area contributed by atoms with Crippen molar-refractivity contribution in [1.82, 2.24) is 4.90 Å². The van der Waals surface area contributed by atoms with Crippen LogP contribution in [0.3, 0.4) is 0 Å². The quantitative estimate of drug-likeness (QED) is 0.397. The number of unbranched alkanes of at least 4 members (excludes halogenated alkanes) is 2. The van der Waals surface area contributed by atoms with Crippen molar-refractivity contribution >= 4 is 46.3 Å². The Morgan fingerprint density at radius 3 is 2.64 bits per heavy atom. The lowest BCUT2D eigenvalue weighted by Gasteiger charge is -2.14. The Kier molecular flexibility index (Phi) is 7.40. The van der Waals surface area contributed by atoms with Gasteiger partial charge in [0.25, 0.3) is 5.91 Å². The van der Waals surface area contributed by atoms with E-state index < -0.39 is 5.97 Å². The molecule has 0 radical (unpaired) electrons. The number of benzene rings is 1. The average molecular weight is 375 g/mol. The highest BCUT2D eigenvalue weighted by Crippen LogP contribution is 2.32. The summed E-state index contributed by atoms with van der Waals surface area (Å²) < 4.78 is 0.559. The van der Waals surface area contributed by atoms with Gasteiger partial charge in [-0.2, -0.15) is 0 Å².